The molecule has 3 aromatic rings. The summed E-state index contributed by atoms with van der Waals surface area (Å²) in [4.78, 5) is 44.0. The lowest BCUT2D eigenvalue weighted by Gasteiger charge is -2.19. The summed E-state index contributed by atoms with van der Waals surface area (Å²) in [5.74, 6) is -2.50. The van der Waals surface area contributed by atoms with Crippen molar-refractivity contribution in [2.24, 2.45) is 12.1 Å². The van der Waals surface area contributed by atoms with E-state index in [-0.39, 0.29) is 29.6 Å². The maximum absolute atomic E-state index is 13.6. The lowest BCUT2D eigenvalue weighted by molar-refractivity contribution is -0.115. The lowest BCUT2D eigenvalue weighted by atomic mass is 10.1. The molecule has 0 unspecified atom stereocenters. The number of carbonyl (C=O) groups is 1. The highest BCUT2D eigenvalue weighted by molar-refractivity contribution is 5.98. The topological polar surface area (TPSA) is 97.9 Å². The molecule has 0 radical (unpaired) electrons. The summed E-state index contributed by atoms with van der Waals surface area (Å²) in [5, 5.41) is 8.33. The predicted molar refractivity (Wildman–Crippen MR) is 126 cm³/mol. The maximum Gasteiger partial charge on any atom is 0.331 e. The highest BCUT2D eigenvalue weighted by Gasteiger charge is 2.16. The second-order valence-corrected chi connectivity index (χ2v) is 7.91. The number of hydrogen-bond donors (Lipinski definition) is 1. The van der Waals surface area contributed by atoms with Gasteiger partial charge in [0.25, 0.3) is 11.5 Å². The molecule has 1 N–H and O–H groups in total. The molecule has 0 saturated heterocycles. The Balaban J connectivity index is 1.61. The van der Waals surface area contributed by atoms with Gasteiger partial charge in [0.15, 0.2) is 11.6 Å². The van der Waals surface area contributed by atoms with Crippen LogP contribution in [0.1, 0.15) is 29.3 Å². The molecule has 182 valence electrons. The van der Waals surface area contributed by atoms with Crippen molar-refractivity contribution in [2.45, 2.75) is 19.9 Å². The minimum Gasteiger partial charge on any atom is -0.348 e. The van der Waals surface area contributed by atoms with Crippen molar-refractivity contribution in [3.8, 4) is 0 Å². The summed E-state index contributed by atoms with van der Waals surface area (Å²) in [6.07, 6.45) is 3.92. The van der Waals surface area contributed by atoms with Crippen molar-refractivity contribution in [3.05, 3.63) is 91.8 Å². The van der Waals surface area contributed by atoms with Crippen LogP contribution in [0.2, 0.25) is 0 Å². The highest BCUT2D eigenvalue weighted by Crippen LogP contribution is 2.14. The number of benzene rings is 2. The van der Waals surface area contributed by atoms with Gasteiger partial charge in [-0.05, 0) is 48.4 Å². The number of fused-ring (bicyclic) bond motifs is 1. The smallest absolute Gasteiger partial charge is 0.331 e. The normalized spacial score (nSPS) is 13.3. The Morgan fingerprint density at radius 1 is 1.14 bits per heavy atom. The van der Waals surface area contributed by atoms with Gasteiger partial charge < -0.3 is 5.32 Å². The summed E-state index contributed by atoms with van der Waals surface area (Å²) >= 11 is 0. The van der Waals surface area contributed by atoms with Crippen LogP contribution in [0.5, 0.6) is 0 Å². The Labute approximate surface area is 198 Å². The fourth-order valence-corrected chi connectivity index (χ4v) is 3.71. The number of nitrogens with zero attached hydrogens (tertiary/aromatic N) is 4. The van der Waals surface area contributed by atoms with E-state index in [2.05, 4.69) is 10.4 Å². The summed E-state index contributed by atoms with van der Waals surface area (Å²) in [5.41, 5.74) is 0.451. The molecule has 0 aliphatic carbocycles. The minimum absolute atomic E-state index is 0.147. The molecule has 0 bridgehead atoms. The first kappa shape index (κ1) is 24.0. The van der Waals surface area contributed by atoms with Gasteiger partial charge in [-0.3, -0.25) is 23.6 Å². The number of rotatable bonds is 7. The van der Waals surface area contributed by atoms with E-state index in [0.29, 0.717) is 18.5 Å². The van der Waals surface area contributed by atoms with Crippen LogP contribution in [0, 0.1) is 11.6 Å². The fraction of sp³-hybridized carbons (Fsp3) is 0.250. The molecule has 0 atom stereocenters. The Morgan fingerprint density at radius 2 is 1.94 bits per heavy atom. The minimum atomic E-state index is -1.07. The number of carbonyl (C=O) groups excluding carboxylic acids is 1. The third kappa shape index (κ3) is 5.04. The number of aromatic nitrogens is 2. The van der Waals surface area contributed by atoms with Crippen LogP contribution in [0.4, 0.5) is 8.78 Å². The predicted octanol–water partition coefficient (Wildman–Crippen LogP) is 2.28. The Morgan fingerprint density at radius 3 is 2.69 bits per heavy atom. The van der Waals surface area contributed by atoms with E-state index in [1.807, 2.05) is 6.92 Å². The van der Waals surface area contributed by atoms with Crippen molar-refractivity contribution in [3.63, 3.8) is 0 Å². The van der Waals surface area contributed by atoms with E-state index >= 15 is 0 Å². The van der Waals surface area contributed by atoms with E-state index in [1.165, 1.54) is 41.1 Å². The molecule has 1 aliphatic rings. The average Bonchev–Trinajstić information content (AvgIpc) is 2.86. The van der Waals surface area contributed by atoms with E-state index in [4.69, 9.17) is 4.84 Å². The van der Waals surface area contributed by atoms with Gasteiger partial charge in [0.05, 0.1) is 30.3 Å². The van der Waals surface area contributed by atoms with E-state index in [1.54, 1.807) is 12.4 Å². The molecule has 0 spiro atoms. The van der Waals surface area contributed by atoms with Crippen LogP contribution in [0.15, 0.2) is 62.9 Å². The highest BCUT2D eigenvalue weighted by atomic mass is 19.2. The van der Waals surface area contributed by atoms with Gasteiger partial charge in [-0.1, -0.05) is 6.07 Å². The molecule has 2 heterocycles. The van der Waals surface area contributed by atoms with Crippen molar-refractivity contribution in [1.82, 2.24) is 19.6 Å². The van der Waals surface area contributed by atoms with Crippen molar-refractivity contribution < 1.29 is 18.4 Å². The Hall–Kier alpha value is -4.12. The zero-order valence-corrected chi connectivity index (χ0v) is 19.1. The third-order valence-electron chi connectivity index (χ3n) is 5.52. The first-order chi connectivity index (χ1) is 16.8. The van der Waals surface area contributed by atoms with Crippen LogP contribution >= 0.6 is 0 Å². The number of halogens is 2. The van der Waals surface area contributed by atoms with E-state index < -0.39 is 28.8 Å². The van der Waals surface area contributed by atoms with Gasteiger partial charge in [0, 0.05) is 31.8 Å². The first-order valence-corrected chi connectivity index (χ1v) is 10.9. The van der Waals surface area contributed by atoms with E-state index in [0.717, 1.165) is 22.3 Å². The van der Waals surface area contributed by atoms with Crippen molar-refractivity contribution >= 4 is 23.0 Å². The van der Waals surface area contributed by atoms with Gasteiger partial charge in [0.1, 0.15) is 0 Å². The molecule has 4 rings (SSSR count). The van der Waals surface area contributed by atoms with Crippen LogP contribution in [0.3, 0.4) is 0 Å². The van der Waals surface area contributed by atoms with Crippen molar-refractivity contribution in [1.29, 1.82) is 0 Å². The number of nitrogens with one attached hydrogen (secondary N) is 1. The molecule has 35 heavy (non-hydrogen) atoms. The largest absolute Gasteiger partial charge is 0.348 e. The van der Waals surface area contributed by atoms with Crippen LogP contribution in [-0.4, -0.2) is 39.6 Å². The maximum atomic E-state index is 13.6. The summed E-state index contributed by atoms with van der Waals surface area (Å²) < 4.78 is 29.1. The fourth-order valence-electron chi connectivity index (χ4n) is 3.71. The SMILES string of the molecule is CCON1C=C(CNC(=O)c2ccc3c(c2)c(=O)n(Cc2ccc(F)c(F)c2)c(=O)n3C)CC=N1. The quantitative estimate of drug-likeness (QED) is 0.556. The van der Waals surface area contributed by atoms with Gasteiger partial charge in [-0.25, -0.2) is 13.6 Å². The third-order valence-corrected chi connectivity index (χ3v) is 5.52. The molecule has 11 heteroatoms. The zero-order chi connectivity index (χ0) is 25.1. The molecular weight excluding hydrogens is 460 g/mol. The molecular formula is C24H23F2N5O4. The van der Waals surface area contributed by atoms with Crippen molar-refractivity contribution in [2.75, 3.05) is 13.2 Å². The summed E-state index contributed by atoms with van der Waals surface area (Å²) in [6.45, 7) is 2.28. The zero-order valence-electron chi connectivity index (χ0n) is 19.1. The second kappa shape index (κ2) is 10.0. The lowest BCUT2D eigenvalue weighted by Crippen LogP contribution is -2.39. The van der Waals surface area contributed by atoms with Gasteiger partial charge in [-0.2, -0.15) is 5.10 Å². The molecule has 1 aliphatic heterocycles. The summed E-state index contributed by atoms with van der Waals surface area (Å²) in [6, 6.07) is 7.64. The molecule has 0 fully saturated rings. The van der Waals surface area contributed by atoms with Crippen LogP contribution in [-0.2, 0) is 18.4 Å². The van der Waals surface area contributed by atoms with Gasteiger partial charge in [-0.15, -0.1) is 5.17 Å². The second-order valence-electron chi connectivity index (χ2n) is 7.91. The number of aryl methyl sites for hydroxylation is 1. The molecule has 1 aromatic heterocycles. The van der Waals surface area contributed by atoms with E-state index in [9.17, 15) is 23.2 Å². The first-order valence-electron chi connectivity index (χ1n) is 10.9. The number of amides is 1. The Bertz CT molecular complexity index is 1480. The van der Waals surface area contributed by atoms with Gasteiger partial charge in [0.2, 0.25) is 0 Å². The molecule has 9 nitrogen and oxygen atoms in total. The number of hydroxylamine groups is 1. The number of hydrazone groups is 1. The Kier molecular flexibility index (Phi) is 6.87. The molecule has 2 aromatic carbocycles. The molecule has 0 saturated carbocycles. The summed E-state index contributed by atoms with van der Waals surface area (Å²) in [7, 11) is 1.49. The molecule has 1 amide bonds. The van der Waals surface area contributed by atoms with Crippen LogP contribution in [0.25, 0.3) is 10.9 Å². The average molecular weight is 483 g/mol. The van der Waals surface area contributed by atoms with Crippen LogP contribution < -0.4 is 16.6 Å². The number of hydrogen-bond acceptors (Lipinski definition) is 6. The van der Waals surface area contributed by atoms with Gasteiger partial charge >= 0.3 is 5.69 Å². The monoisotopic (exact) mass is 483 g/mol. The standard InChI is InChI=1S/C24H23F2N5O4/c1-3-35-31-14-16(8-9-28-31)12-27-22(32)17-5-7-21-18(11-17)23(33)30(24(34)29(21)2)13-15-4-6-19(25)20(26)10-15/h4-7,9-11,14H,3,8,12-13H2,1-2H3,(H,27,32).